The average molecular weight is 343 g/mol. The van der Waals surface area contributed by atoms with Crippen molar-refractivity contribution in [2.24, 2.45) is 0 Å². The first-order valence-corrected chi connectivity index (χ1v) is 10.4. The lowest BCUT2D eigenvalue weighted by Gasteiger charge is -2.24. The summed E-state index contributed by atoms with van der Waals surface area (Å²) < 4.78 is 0. The first-order valence-electron chi connectivity index (χ1n) is 10.4. The van der Waals surface area contributed by atoms with Gasteiger partial charge < -0.3 is 0 Å². The largest absolute Gasteiger partial charge is 0.103 e. The zero-order valence-corrected chi connectivity index (χ0v) is 18.0. The highest BCUT2D eigenvalue weighted by Gasteiger charge is 2.18. The van der Waals surface area contributed by atoms with Crippen molar-refractivity contribution in [2.45, 2.75) is 99.3 Å². The summed E-state index contributed by atoms with van der Waals surface area (Å²) in [7, 11) is 0. The van der Waals surface area contributed by atoms with Gasteiger partial charge in [-0.1, -0.05) is 63.5 Å². The lowest BCUT2D eigenvalue weighted by Crippen LogP contribution is -2.07. The Balaban J connectivity index is 0.00000104. The van der Waals surface area contributed by atoms with Crippen LogP contribution < -0.4 is 0 Å². The first-order chi connectivity index (χ1) is 12.0. The van der Waals surface area contributed by atoms with Gasteiger partial charge in [0.15, 0.2) is 0 Å². The molecule has 0 spiro atoms. The van der Waals surface area contributed by atoms with Crippen LogP contribution in [0.3, 0.4) is 0 Å². The van der Waals surface area contributed by atoms with Gasteiger partial charge in [0, 0.05) is 5.92 Å². The molecule has 0 N–H and O–H groups in total. The molecular formula is C25H42. The SMILES string of the molecule is C=CC.CC.CCCCCc1cc(C)c(C2C=C(C)CCC2)c(C)c1. The maximum absolute atomic E-state index is 3.36. The molecule has 0 fully saturated rings. The van der Waals surface area contributed by atoms with Gasteiger partial charge in [-0.05, 0) is 82.1 Å². The number of hydrogen-bond donors (Lipinski definition) is 0. The third-order valence-corrected chi connectivity index (χ3v) is 4.67. The third-order valence-electron chi connectivity index (χ3n) is 4.67. The summed E-state index contributed by atoms with van der Waals surface area (Å²) in [4.78, 5) is 0. The van der Waals surface area contributed by atoms with Gasteiger partial charge >= 0.3 is 0 Å². The predicted molar refractivity (Wildman–Crippen MR) is 117 cm³/mol. The summed E-state index contributed by atoms with van der Waals surface area (Å²) in [5, 5.41) is 0. The Kier molecular flexibility index (Phi) is 13.2. The Hall–Kier alpha value is -1.30. The van der Waals surface area contributed by atoms with E-state index in [-0.39, 0.29) is 0 Å². The highest BCUT2D eigenvalue weighted by molar-refractivity contribution is 5.43. The standard InChI is InChI=1S/C20H30.C3H6.C2H6/c1-5-6-7-10-18-13-16(3)20(17(4)14-18)19-11-8-9-15(2)12-19;1-3-2;1-2/h12-14,19H,5-11H2,1-4H3;3H,1H2,2H3;1-2H3. The molecular weight excluding hydrogens is 300 g/mol. The van der Waals surface area contributed by atoms with Crippen molar-refractivity contribution in [3.05, 3.63) is 58.7 Å². The van der Waals surface area contributed by atoms with E-state index in [1.165, 1.54) is 61.6 Å². The van der Waals surface area contributed by atoms with Crippen LogP contribution in [0.2, 0.25) is 0 Å². The minimum absolute atomic E-state index is 0.661. The fraction of sp³-hybridized carbons (Fsp3) is 0.600. The fourth-order valence-corrected chi connectivity index (χ4v) is 3.71. The molecule has 1 aromatic carbocycles. The molecule has 0 saturated heterocycles. The Morgan fingerprint density at radius 2 is 1.64 bits per heavy atom. The van der Waals surface area contributed by atoms with Crippen molar-refractivity contribution >= 4 is 0 Å². The second-order valence-electron chi connectivity index (χ2n) is 7.02. The van der Waals surface area contributed by atoms with E-state index < -0.39 is 0 Å². The molecule has 0 nitrogen and oxygen atoms in total. The van der Waals surface area contributed by atoms with Gasteiger partial charge in [-0.15, -0.1) is 6.58 Å². The molecule has 2 rings (SSSR count). The monoisotopic (exact) mass is 342 g/mol. The topological polar surface area (TPSA) is 0 Å². The van der Waals surface area contributed by atoms with E-state index in [4.69, 9.17) is 0 Å². The summed E-state index contributed by atoms with van der Waals surface area (Å²) >= 11 is 0. The second kappa shape index (κ2) is 13.9. The number of hydrogen-bond acceptors (Lipinski definition) is 0. The first kappa shape index (κ1) is 23.7. The molecule has 1 unspecified atom stereocenters. The van der Waals surface area contributed by atoms with Crippen molar-refractivity contribution in [2.75, 3.05) is 0 Å². The zero-order chi connectivity index (χ0) is 19.2. The summed E-state index contributed by atoms with van der Waals surface area (Å²) in [6, 6.07) is 4.88. The van der Waals surface area contributed by atoms with Crippen LogP contribution in [0.15, 0.2) is 36.4 Å². The van der Waals surface area contributed by atoms with Gasteiger partial charge in [-0.2, -0.15) is 0 Å². The zero-order valence-electron chi connectivity index (χ0n) is 18.0. The molecule has 0 heterocycles. The molecule has 0 aliphatic heterocycles. The average Bonchev–Trinajstić information content (AvgIpc) is 2.57. The van der Waals surface area contributed by atoms with E-state index in [2.05, 4.69) is 52.5 Å². The van der Waals surface area contributed by atoms with Crippen molar-refractivity contribution in [3.63, 3.8) is 0 Å². The minimum atomic E-state index is 0.661. The van der Waals surface area contributed by atoms with Crippen molar-refractivity contribution in [1.82, 2.24) is 0 Å². The molecule has 0 bridgehead atoms. The molecule has 0 heteroatoms. The van der Waals surface area contributed by atoms with Gasteiger partial charge in [0.2, 0.25) is 0 Å². The molecule has 1 aliphatic carbocycles. The van der Waals surface area contributed by atoms with E-state index in [1.807, 2.05) is 20.8 Å². The normalized spacial score (nSPS) is 16.0. The van der Waals surface area contributed by atoms with Crippen LogP contribution in [-0.2, 0) is 6.42 Å². The predicted octanol–water partition coefficient (Wildman–Crippen LogP) is 8.47. The molecule has 0 saturated carbocycles. The molecule has 1 aliphatic rings. The molecule has 1 atom stereocenters. The number of allylic oxidation sites excluding steroid dienone is 3. The van der Waals surface area contributed by atoms with Crippen LogP contribution in [0.5, 0.6) is 0 Å². The van der Waals surface area contributed by atoms with Crippen LogP contribution in [0.4, 0.5) is 0 Å². The van der Waals surface area contributed by atoms with E-state index in [0.29, 0.717) is 5.92 Å². The Bertz CT molecular complexity index is 496. The quantitative estimate of drug-likeness (QED) is 0.372. The molecule has 25 heavy (non-hydrogen) atoms. The van der Waals surface area contributed by atoms with Gasteiger partial charge in [0.25, 0.3) is 0 Å². The molecule has 0 amide bonds. The van der Waals surface area contributed by atoms with Crippen LogP contribution in [0.1, 0.15) is 101 Å². The van der Waals surface area contributed by atoms with Crippen molar-refractivity contribution in [3.8, 4) is 0 Å². The minimum Gasteiger partial charge on any atom is -0.103 e. The molecule has 142 valence electrons. The van der Waals surface area contributed by atoms with Crippen molar-refractivity contribution in [1.29, 1.82) is 0 Å². The summed E-state index contributed by atoms with van der Waals surface area (Å²) in [5.41, 5.74) is 7.73. The van der Waals surface area contributed by atoms with E-state index in [1.54, 1.807) is 17.2 Å². The maximum atomic E-state index is 3.36. The Morgan fingerprint density at radius 3 is 2.12 bits per heavy atom. The van der Waals surface area contributed by atoms with Crippen molar-refractivity contribution < 1.29 is 0 Å². The van der Waals surface area contributed by atoms with E-state index in [0.717, 1.165) is 0 Å². The second-order valence-corrected chi connectivity index (χ2v) is 7.02. The lowest BCUT2D eigenvalue weighted by molar-refractivity contribution is 0.628. The smallest absolute Gasteiger partial charge is 0.00259 e. The fourth-order valence-electron chi connectivity index (χ4n) is 3.71. The number of benzene rings is 1. The van der Waals surface area contributed by atoms with Gasteiger partial charge in [-0.3, -0.25) is 0 Å². The van der Waals surface area contributed by atoms with E-state index >= 15 is 0 Å². The van der Waals surface area contributed by atoms with Crippen LogP contribution in [0, 0.1) is 13.8 Å². The molecule has 0 radical (unpaired) electrons. The summed E-state index contributed by atoms with van der Waals surface area (Å²) in [6.45, 7) is 18.4. The Labute approximate surface area is 158 Å². The highest BCUT2D eigenvalue weighted by Crippen LogP contribution is 2.35. The molecule has 0 aromatic heterocycles. The molecule has 1 aromatic rings. The number of unbranched alkanes of at least 4 members (excludes halogenated alkanes) is 2. The van der Waals surface area contributed by atoms with Gasteiger partial charge in [0.05, 0.1) is 0 Å². The summed E-state index contributed by atoms with van der Waals surface area (Å²) in [6.07, 6.45) is 13.5. The van der Waals surface area contributed by atoms with Crippen LogP contribution >= 0.6 is 0 Å². The number of rotatable bonds is 5. The lowest BCUT2D eigenvalue weighted by atomic mass is 9.81. The number of aryl methyl sites for hydroxylation is 3. The van der Waals surface area contributed by atoms with Gasteiger partial charge in [0.1, 0.15) is 0 Å². The van der Waals surface area contributed by atoms with Crippen LogP contribution in [0.25, 0.3) is 0 Å². The summed E-state index contributed by atoms with van der Waals surface area (Å²) in [5.74, 6) is 0.661. The Morgan fingerprint density at radius 1 is 1.08 bits per heavy atom. The van der Waals surface area contributed by atoms with Gasteiger partial charge in [-0.25, -0.2) is 0 Å². The van der Waals surface area contributed by atoms with E-state index in [9.17, 15) is 0 Å². The van der Waals surface area contributed by atoms with Crippen LogP contribution in [-0.4, -0.2) is 0 Å². The third kappa shape index (κ3) is 8.56. The maximum Gasteiger partial charge on any atom is 0.00259 e. The highest BCUT2D eigenvalue weighted by atomic mass is 14.2.